The van der Waals surface area contributed by atoms with Crippen LogP contribution in [0.4, 0.5) is 11.5 Å². The van der Waals surface area contributed by atoms with Crippen molar-refractivity contribution in [1.29, 1.82) is 0 Å². The van der Waals surface area contributed by atoms with Crippen LogP contribution >= 0.6 is 0 Å². The zero-order chi connectivity index (χ0) is 14.1. The number of nitrogens with one attached hydrogen (secondary N) is 1. The molecule has 0 saturated carbocycles. The fourth-order valence-corrected chi connectivity index (χ4v) is 1.60. The number of hydrogen-bond donors (Lipinski definition) is 2. The van der Waals surface area contributed by atoms with E-state index in [1.165, 1.54) is 0 Å². The van der Waals surface area contributed by atoms with Crippen molar-refractivity contribution in [3.8, 4) is 0 Å². The summed E-state index contributed by atoms with van der Waals surface area (Å²) in [5.41, 5.74) is -0.617. The minimum absolute atomic E-state index is 0.00158. The number of anilines is 1. The molecule has 1 rings (SSSR count). The van der Waals surface area contributed by atoms with Gasteiger partial charge in [-0.05, 0) is 34.6 Å². The van der Waals surface area contributed by atoms with Crippen LogP contribution in [0.25, 0.3) is 0 Å². The van der Waals surface area contributed by atoms with Crippen LogP contribution in [0.2, 0.25) is 0 Å². The van der Waals surface area contributed by atoms with Gasteiger partial charge in [0.25, 0.3) is 0 Å². The van der Waals surface area contributed by atoms with E-state index < -0.39 is 10.5 Å². The van der Waals surface area contributed by atoms with Crippen LogP contribution in [0.1, 0.15) is 39.4 Å². The fraction of sp³-hybridized carbons (Fsp3) is 0.727. The third kappa shape index (κ3) is 3.19. The molecule has 0 amide bonds. The van der Waals surface area contributed by atoms with E-state index in [0.29, 0.717) is 11.5 Å². The molecule has 0 atom stereocenters. The van der Waals surface area contributed by atoms with E-state index in [4.69, 9.17) is 0 Å². The highest BCUT2D eigenvalue weighted by Crippen LogP contribution is 2.30. The molecule has 0 saturated heterocycles. The number of aromatic nitrogens is 2. The highest BCUT2D eigenvalue weighted by Gasteiger charge is 2.27. The topological polar surface area (TPSA) is 93.2 Å². The van der Waals surface area contributed by atoms with Gasteiger partial charge in [-0.3, -0.25) is 10.1 Å². The molecule has 1 heterocycles. The Morgan fingerprint density at radius 1 is 1.56 bits per heavy atom. The first-order valence-electron chi connectivity index (χ1n) is 5.83. The summed E-state index contributed by atoms with van der Waals surface area (Å²) in [6, 6.07) is 0.00158. The van der Waals surface area contributed by atoms with Gasteiger partial charge in [-0.15, -0.1) is 0 Å². The van der Waals surface area contributed by atoms with Crippen molar-refractivity contribution in [1.82, 2.24) is 9.78 Å². The molecule has 0 aliphatic rings. The third-order valence-electron chi connectivity index (χ3n) is 2.41. The molecule has 0 radical (unpaired) electrons. The van der Waals surface area contributed by atoms with Crippen molar-refractivity contribution >= 4 is 11.5 Å². The molecular formula is C11H20N4O3. The van der Waals surface area contributed by atoms with Crippen LogP contribution in [0, 0.1) is 17.0 Å². The van der Waals surface area contributed by atoms with E-state index >= 15 is 0 Å². The molecule has 1 aromatic heterocycles. The van der Waals surface area contributed by atoms with Gasteiger partial charge in [0, 0.05) is 12.6 Å². The average molecular weight is 256 g/mol. The lowest BCUT2D eigenvalue weighted by Gasteiger charge is -2.19. The number of hydrogen-bond acceptors (Lipinski definition) is 5. The number of nitro groups is 1. The van der Waals surface area contributed by atoms with Gasteiger partial charge in [0.15, 0.2) is 0 Å². The minimum atomic E-state index is -0.951. The van der Waals surface area contributed by atoms with Gasteiger partial charge < -0.3 is 10.4 Å². The summed E-state index contributed by atoms with van der Waals surface area (Å²) in [6.45, 7) is 8.87. The van der Waals surface area contributed by atoms with Gasteiger partial charge in [-0.25, -0.2) is 4.68 Å². The van der Waals surface area contributed by atoms with E-state index in [1.807, 2.05) is 13.8 Å². The third-order valence-corrected chi connectivity index (χ3v) is 2.41. The first-order valence-corrected chi connectivity index (χ1v) is 5.83. The molecule has 0 spiro atoms. The van der Waals surface area contributed by atoms with Gasteiger partial charge in [0.05, 0.1) is 10.5 Å². The quantitative estimate of drug-likeness (QED) is 0.619. The maximum absolute atomic E-state index is 11.1. The van der Waals surface area contributed by atoms with Gasteiger partial charge >= 0.3 is 5.69 Å². The summed E-state index contributed by atoms with van der Waals surface area (Å²) in [4.78, 5) is 10.6. The molecule has 7 nitrogen and oxygen atoms in total. The van der Waals surface area contributed by atoms with Crippen LogP contribution in [0.3, 0.4) is 0 Å². The molecule has 0 bridgehead atoms. The Labute approximate surface area is 106 Å². The fourth-order valence-electron chi connectivity index (χ4n) is 1.60. The molecule has 2 N–H and O–H groups in total. The predicted molar refractivity (Wildman–Crippen MR) is 68.8 cm³/mol. The minimum Gasteiger partial charge on any atom is -0.389 e. The summed E-state index contributed by atoms with van der Waals surface area (Å²) in [5.74, 6) is 0.342. The van der Waals surface area contributed by atoms with E-state index in [9.17, 15) is 15.2 Å². The Balaban J connectivity index is 3.16. The Bertz CT molecular complexity index is 446. The summed E-state index contributed by atoms with van der Waals surface area (Å²) >= 11 is 0. The van der Waals surface area contributed by atoms with Crippen molar-refractivity contribution in [3.63, 3.8) is 0 Å². The molecule has 102 valence electrons. The lowest BCUT2D eigenvalue weighted by atomic mass is 10.1. The van der Waals surface area contributed by atoms with Crippen LogP contribution in [-0.2, 0) is 0 Å². The number of rotatable bonds is 5. The molecule has 0 aliphatic carbocycles. The van der Waals surface area contributed by atoms with Crippen molar-refractivity contribution < 1.29 is 10.0 Å². The van der Waals surface area contributed by atoms with Gasteiger partial charge in [0.2, 0.25) is 5.82 Å². The van der Waals surface area contributed by atoms with Gasteiger partial charge in [0.1, 0.15) is 5.69 Å². The van der Waals surface area contributed by atoms with Crippen LogP contribution in [0.5, 0.6) is 0 Å². The second-order valence-electron chi connectivity index (χ2n) is 5.24. The zero-order valence-electron chi connectivity index (χ0n) is 11.4. The van der Waals surface area contributed by atoms with E-state index in [-0.39, 0.29) is 18.3 Å². The Kier molecular flexibility index (Phi) is 3.95. The lowest BCUT2D eigenvalue weighted by molar-refractivity contribution is -0.384. The number of aryl methyl sites for hydroxylation is 1. The van der Waals surface area contributed by atoms with Gasteiger partial charge in [-0.1, -0.05) is 0 Å². The molecular weight excluding hydrogens is 236 g/mol. The highest BCUT2D eigenvalue weighted by atomic mass is 16.6. The standard InChI is InChI=1S/C11H20N4O3/c1-7(2)14-10(12-6-11(4,5)16)9(15(17)18)8(3)13-14/h7,12,16H,6H2,1-5H3. The predicted octanol–water partition coefficient (Wildman–Crippen LogP) is 1.86. The summed E-state index contributed by atoms with van der Waals surface area (Å²) in [7, 11) is 0. The molecule has 0 fully saturated rings. The Morgan fingerprint density at radius 2 is 2.11 bits per heavy atom. The zero-order valence-corrected chi connectivity index (χ0v) is 11.4. The second-order valence-corrected chi connectivity index (χ2v) is 5.24. The molecule has 1 aromatic rings. The SMILES string of the molecule is Cc1nn(C(C)C)c(NCC(C)(C)O)c1[N+](=O)[O-]. The van der Waals surface area contributed by atoms with Crippen molar-refractivity contribution in [2.24, 2.45) is 0 Å². The lowest BCUT2D eigenvalue weighted by Crippen LogP contribution is -2.30. The maximum atomic E-state index is 11.1. The van der Waals surface area contributed by atoms with Crippen molar-refractivity contribution in [2.45, 2.75) is 46.3 Å². The molecule has 0 unspecified atom stereocenters. The molecule has 18 heavy (non-hydrogen) atoms. The van der Waals surface area contributed by atoms with Crippen molar-refractivity contribution in [3.05, 3.63) is 15.8 Å². The largest absolute Gasteiger partial charge is 0.389 e. The second kappa shape index (κ2) is 4.93. The monoisotopic (exact) mass is 256 g/mol. The molecule has 0 aliphatic heterocycles. The Morgan fingerprint density at radius 3 is 2.50 bits per heavy atom. The number of aliphatic hydroxyl groups is 1. The average Bonchev–Trinajstić information content (AvgIpc) is 2.51. The first-order chi connectivity index (χ1) is 8.13. The summed E-state index contributed by atoms with van der Waals surface area (Å²) in [6.07, 6.45) is 0. The molecule has 7 heteroatoms. The Hall–Kier alpha value is -1.63. The van der Waals surface area contributed by atoms with E-state index in [0.717, 1.165) is 0 Å². The van der Waals surface area contributed by atoms with E-state index in [2.05, 4.69) is 10.4 Å². The van der Waals surface area contributed by atoms with Crippen LogP contribution in [-0.4, -0.2) is 32.0 Å². The highest BCUT2D eigenvalue weighted by molar-refractivity contribution is 5.59. The van der Waals surface area contributed by atoms with Crippen molar-refractivity contribution in [2.75, 3.05) is 11.9 Å². The maximum Gasteiger partial charge on any atom is 0.333 e. The van der Waals surface area contributed by atoms with Crippen LogP contribution in [0.15, 0.2) is 0 Å². The summed E-state index contributed by atoms with van der Waals surface area (Å²) in [5, 5.41) is 27.8. The first kappa shape index (κ1) is 14.4. The normalized spacial score (nSPS) is 11.9. The summed E-state index contributed by atoms with van der Waals surface area (Å²) < 4.78 is 1.57. The molecule has 0 aromatic carbocycles. The number of nitrogens with zero attached hydrogens (tertiary/aromatic N) is 3. The van der Waals surface area contributed by atoms with Gasteiger partial charge in [-0.2, -0.15) is 5.10 Å². The smallest absolute Gasteiger partial charge is 0.333 e. The van der Waals surface area contributed by atoms with Crippen LogP contribution < -0.4 is 5.32 Å². The van der Waals surface area contributed by atoms with E-state index in [1.54, 1.807) is 25.5 Å².